The molecule has 2 amide bonds. The van der Waals surface area contributed by atoms with Crippen molar-refractivity contribution >= 4 is 6.03 Å². The van der Waals surface area contributed by atoms with Gasteiger partial charge in [-0.1, -0.05) is 13.8 Å². The van der Waals surface area contributed by atoms with Crippen LogP contribution in [0.3, 0.4) is 0 Å². The molecule has 0 aromatic carbocycles. The average Bonchev–Trinajstić information content (AvgIpc) is 2.16. The zero-order chi connectivity index (χ0) is 8.15. The van der Waals surface area contributed by atoms with Crippen molar-refractivity contribution in [2.24, 2.45) is 0 Å². The van der Waals surface area contributed by atoms with E-state index >= 15 is 0 Å². The molecule has 1 aliphatic heterocycles. The van der Waals surface area contributed by atoms with E-state index in [1.165, 1.54) is 0 Å². The number of carbonyl (C=O) groups excluding carboxylic acids is 1. The first-order valence-corrected chi connectivity index (χ1v) is 3.77. The van der Waals surface area contributed by atoms with Crippen LogP contribution in [0, 0.1) is 0 Å². The molecule has 0 radical (unpaired) electrons. The van der Waals surface area contributed by atoms with Crippen molar-refractivity contribution in [3.8, 4) is 0 Å². The van der Waals surface area contributed by atoms with E-state index in [0.29, 0.717) is 0 Å². The Hall–Kier alpha value is -0.730. The third kappa shape index (κ3) is 2.25. The number of nitrogens with one attached hydrogen (secondary N) is 2. The van der Waals surface area contributed by atoms with Gasteiger partial charge in [0.15, 0.2) is 0 Å². The number of hydrogen-bond acceptors (Lipinski definition) is 1. The molecule has 3 nitrogen and oxygen atoms in total. The van der Waals surface area contributed by atoms with Crippen LogP contribution in [0.25, 0.3) is 0 Å². The first-order chi connectivity index (χ1) is 4.70. The molecule has 0 aromatic heterocycles. The fraction of sp³-hybridized carbons (Fsp3) is 0.857. The van der Waals surface area contributed by atoms with Gasteiger partial charge in [0.05, 0.1) is 0 Å². The van der Waals surface area contributed by atoms with Gasteiger partial charge in [-0.3, -0.25) is 0 Å². The summed E-state index contributed by atoms with van der Waals surface area (Å²) in [4.78, 5) is 10.4. The second-order valence-electron chi connectivity index (χ2n) is 2.20. The monoisotopic (exact) mass is 144 g/mol. The standard InChI is InChI=1S/C5H10N2O.C2H6/c1-3-4(2)7-5(8)6-3;1-2/h3-4H,1-2H3,(H2,6,7,8);1-2H3. The third-order valence-electron chi connectivity index (χ3n) is 1.47. The van der Waals surface area contributed by atoms with E-state index in [1.807, 2.05) is 27.7 Å². The van der Waals surface area contributed by atoms with Gasteiger partial charge in [-0.25, -0.2) is 4.79 Å². The van der Waals surface area contributed by atoms with Crippen molar-refractivity contribution in [3.05, 3.63) is 0 Å². The minimum Gasteiger partial charge on any atom is -0.334 e. The fourth-order valence-electron chi connectivity index (χ4n) is 0.705. The maximum atomic E-state index is 10.4. The molecule has 1 heterocycles. The first kappa shape index (κ1) is 9.27. The van der Waals surface area contributed by atoms with Gasteiger partial charge in [0, 0.05) is 12.1 Å². The number of amides is 2. The summed E-state index contributed by atoms with van der Waals surface area (Å²) in [7, 11) is 0. The normalized spacial score (nSPS) is 29.8. The van der Waals surface area contributed by atoms with Crippen LogP contribution in [0.4, 0.5) is 4.79 Å². The Morgan fingerprint density at radius 3 is 1.50 bits per heavy atom. The van der Waals surface area contributed by atoms with Gasteiger partial charge < -0.3 is 10.6 Å². The molecule has 60 valence electrons. The van der Waals surface area contributed by atoms with Gasteiger partial charge in [0.1, 0.15) is 0 Å². The molecule has 0 aliphatic carbocycles. The molecule has 2 N–H and O–H groups in total. The third-order valence-corrected chi connectivity index (χ3v) is 1.47. The highest BCUT2D eigenvalue weighted by Gasteiger charge is 2.22. The summed E-state index contributed by atoms with van der Waals surface area (Å²) in [6, 6.07) is 0.509. The summed E-state index contributed by atoms with van der Waals surface area (Å²) >= 11 is 0. The van der Waals surface area contributed by atoms with Crippen molar-refractivity contribution in [3.63, 3.8) is 0 Å². The average molecular weight is 144 g/mol. The number of urea groups is 1. The summed E-state index contributed by atoms with van der Waals surface area (Å²) in [5.41, 5.74) is 0. The van der Waals surface area contributed by atoms with Crippen molar-refractivity contribution in [1.29, 1.82) is 0 Å². The summed E-state index contributed by atoms with van der Waals surface area (Å²) < 4.78 is 0. The lowest BCUT2D eigenvalue weighted by Gasteiger charge is -2.04. The fourth-order valence-corrected chi connectivity index (χ4v) is 0.705. The quantitative estimate of drug-likeness (QED) is 0.525. The Kier molecular flexibility index (Phi) is 3.84. The smallest absolute Gasteiger partial charge is 0.315 e. The van der Waals surface area contributed by atoms with Gasteiger partial charge in [0.25, 0.3) is 0 Å². The van der Waals surface area contributed by atoms with E-state index in [9.17, 15) is 4.79 Å². The van der Waals surface area contributed by atoms with Crippen LogP contribution < -0.4 is 10.6 Å². The van der Waals surface area contributed by atoms with E-state index in [1.54, 1.807) is 0 Å². The van der Waals surface area contributed by atoms with E-state index in [4.69, 9.17) is 0 Å². The van der Waals surface area contributed by atoms with Gasteiger partial charge in [-0.2, -0.15) is 0 Å². The maximum Gasteiger partial charge on any atom is 0.315 e. The number of carbonyl (C=O) groups is 1. The number of hydrogen-bond donors (Lipinski definition) is 2. The summed E-state index contributed by atoms with van der Waals surface area (Å²) in [5.74, 6) is 0. The van der Waals surface area contributed by atoms with Gasteiger partial charge in [-0.15, -0.1) is 0 Å². The minimum absolute atomic E-state index is 0.0509. The molecule has 2 unspecified atom stereocenters. The van der Waals surface area contributed by atoms with Crippen molar-refractivity contribution in [1.82, 2.24) is 10.6 Å². The Morgan fingerprint density at radius 1 is 1.10 bits per heavy atom. The lowest BCUT2D eigenvalue weighted by Crippen LogP contribution is -2.26. The van der Waals surface area contributed by atoms with Gasteiger partial charge in [0.2, 0.25) is 0 Å². The van der Waals surface area contributed by atoms with Crippen LogP contribution in [0.15, 0.2) is 0 Å². The predicted octanol–water partition coefficient (Wildman–Crippen LogP) is 1.10. The van der Waals surface area contributed by atoms with Crippen LogP contribution >= 0.6 is 0 Å². The van der Waals surface area contributed by atoms with E-state index in [0.717, 1.165) is 0 Å². The highest BCUT2D eigenvalue weighted by atomic mass is 16.2. The maximum absolute atomic E-state index is 10.4. The summed E-state index contributed by atoms with van der Waals surface area (Å²) in [6.07, 6.45) is 0. The summed E-state index contributed by atoms with van der Waals surface area (Å²) in [6.45, 7) is 7.95. The van der Waals surface area contributed by atoms with Crippen LogP contribution in [0.1, 0.15) is 27.7 Å². The molecule has 1 saturated heterocycles. The molecule has 0 bridgehead atoms. The molecule has 2 atom stereocenters. The van der Waals surface area contributed by atoms with Crippen LogP contribution in [-0.4, -0.2) is 18.1 Å². The Labute approximate surface area is 62.2 Å². The van der Waals surface area contributed by atoms with E-state index in [2.05, 4.69) is 10.6 Å². The Balaban J connectivity index is 0.000000371. The molecule has 0 spiro atoms. The van der Waals surface area contributed by atoms with Crippen molar-refractivity contribution < 1.29 is 4.79 Å². The molecule has 3 heteroatoms. The molecular weight excluding hydrogens is 128 g/mol. The molecule has 0 aromatic rings. The summed E-state index contributed by atoms with van der Waals surface area (Å²) in [5, 5.41) is 5.43. The second kappa shape index (κ2) is 4.14. The molecule has 1 aliphatic rings. The van der Waals surface area contributed by atoms with Crippen LogP contribution in [0.2, 0.25) is 0 Å². The zero-order valence-corrected chi connectivity index (χ0v) is 7.06. The highest BCUT2D eigenvalue weighted by molar-refractivity contribution is 5.77. The van der Waals surface area contributed by atoms with Gasteiger partial charge >= 0.3 is 6.03 Å². The topological polar surface area (TPSA) is 41.1 Å². The Bertz CT molecular complexity index is 102. The van der Waals surface area contributed by atoms with Gasteiger partial charge in [-0.05, 0) is 13.8 Å². The molecule has 1 fully saturated rings. The largest absolute Gasteiger partial charge is 0.334 e. The first-order valence-electron chi connectivity index (χ1n) is 3.77. The van der Waals surface area contributed by atoms with Crippen molar-refractivity contribution in [2.45, 2.75) is 39.8 Å². The molecule has 0 saturated carbocycles. The second-order valence-corrected chi connectivity index (χ2v) is 2.20. The predicted molar refractivity (Wildman–Crippen MR) is 41.9 cm³/mol. The zero-order valence-electron chi connectivity index (χ0n) is 7.06. The molecule has 1 rings (SSSR count). The molecule has 10 heavy (non-hydrogen) atoms. The lowest BCUT2D eigenvalue weighted by atomic mass is 10.2. The SMILES string of the molecule is CC.CC1NC(=O)NC1C. The minimum atomic E-state index is -0.0509. The molecular formula is C7H16N2O. The van der Waals surface area contributed by atoms with Crippen LogP contribution in [-0.2, 0) is 0 Å². The Morgan fingerprint density at radius 2 is 1.40 bits per heavy atom. The van der Waals surface area contributed by atoms with Crippen molar-refractivity contribution in [2.75, 3.05) is 0 Å². The van der Waals surface area contributed by atoms with E-state index < -0.39 is 0 Å². The lowest BCUT2D eigenvalue weighted by molar-refractivity contribution is 0.247. The highest BCUT2D eigenvalue weighted by Crippen LogP contribution is 1.97. The van der Waals surface area contributed by atoms with Crippen LogP contribution in [0.5, 0.6) is 0 Å². The number of rotatable bonds is 0. The van der Waals surface area contributed by atoms with E-state index in [-0.39, 0.29) is 18.1 Å².